The average molecular weight is 472 g/mol. The molecule has 0 amide bonds. The number of hydrogen-bond acceptors (Lipinski definition) is 3. The molecule has 5 nitrogen and oxygen atoms in total. The highest BCUT2D eigenvalue weighted by molar-refractivity contribution is 14.0. The lowest BCUT2D eigenvalue weighted by Gasteiger charge is -2.42. The maximum atomic E-state index is 5.59. The molecule has 0 aliphatic carbocycles. The van der Waals surface area contributed by atoms with E-state index >= 15 is 0 Å². The van der Waals surface area contributed by atoms with Gasteiger partial charge in [0.05, 0.1) is 6.54 Å². The van der Waals surface area contributed by atoms with Crippen molar-refractivity contribution in [2.45, 2.75) is 37.6 Å². The predicted molar refractivity (Wildman–Crippen MR) is 120 cm³/mol. The fourth-order valence-corrected chi connectivity index (χ4v) is 3.70. The smallest absolute Gasteiger partial charge is 0.198 e. The van der Waals surface area contributed by atoms with Crippen molar-refractivity contribution in [2.75, 3.05) is 52.3 Å². The predicted octanol–water partition coefficient (Wildman–Crippen LogP) is 3.67. The molecule has 1 N–H and O–H groups in total. The first kappa shape index (κ1) is 21.4. The highest BCUT2D eigenvalue weighted by atomic mass is 127. The second-order valence-electron chi connectivity index (χ2n) is 7.41. The summed E-state index contributed by atoms with van der Waals surface area (Å²) in [6.45, 7) is 4.67. The van der Waals surface area contributed by atoms with Gasteiger partial charge in [-0.05, 0) is 58.3 Å². The van der Waals surface area contributed by atoms with Gasteiger partial charge >= 0.3 is 0 Å². The Balaban J connectivity index is 0.00000243. The SMILES string of the molecule is CN(C)C1(CN=C(Nc2ccccc2)N2CCCCC2)CCOCC1.I. The summed E-state index contributed by atoms with van der Waals surface area (Å²) in [7, 11) is 4.35. The number of halogens is 1. The fourth-order valence-electron chi connectivity index (χ4n) is 3.70. The molecule has 0 spiro atoms. The number of likely N-dealkylation sites (tertiary alicyclic amines) is 1. The molecule has 1 aromatic rings. The number of rotatable bonds is 4. The number of nitrogens with zero attached hydrogens (tertiary/aromatic N) is 3. The van der Waals surface area contributed by atoms with Crippen LogP contribution < -0.4 is 5.32 Å². The fraction of sp³-hybridized carbons (Fsp3) is 0.650. The van der Waals surface area contributed by atoms with E-state index in [1.54, 1.807) is 0 Å². The topological polar surface area (TPSA) is 40.1 Å². The van der Waals surface area contributed by atoms with Crippen molar-refractivity contribution in [3.05, 3.63) is 30.3 Å². The number of guanidine groups is 1. The summed E-state index contributed by atoms with van der Waals surface area (Å²) < 4.78 is 5.59. The summed E-state index contributed by atoms with van der Waals surface area (Å²) in [5.74, 6) is 1.03. The van der Waals surface area contributed by atoms with Gasteiger partial charge in [-0.25, -0.2) is 0 Å². The number of para-hydroxylation sites is 1. The molecule has 2 aliphatic rings. The summed E-state index contributed by atoms with van der Waals surface area (Å²) in [6.07, 6.45) is 5.92. The van der Waals surface area contributed by atoms with Crippen LogP contribution >= 0.6 is 24.0 Å². The van der Waals surface area contributed by atoms with Crippen molar-refractivity contribution >= 4 is 35.6 Å². The maximum absolute atomic E-state index is 5.59. The minimum atomic E-state index is 0. The number of piperidine rings is 1. The van der Waals surface area contributed by atoms with Crippen LogP contribution in [0.3, 0.4) is 0 Å². The first-order chi connectivity index (χ1) is 12.2. The van der Waals surface area contributed by atoms with Crippen molar-refractivity contribution in [3.8, 4) is 0 Å². The molecule has 2 fully saturated rings. The van der Waals surface area contributed by atoms with Crippen LogP contribution in [0, 0.1) is 0 Å². The Bertz CT molecular complexity index is 552. The highest BCUT2D eigenvalue weighted by Gasteiger charge is 2.35. The normalized spacial score (nSPS) is 20.6. The lowest BCUT2D eigenvalue weighted by molar-refractivity contribution is -0.00260. The lowest BCUT2D eigenvalue weighted by atomic mass is 9.89. The summed E-state index contributed by atoms with van der Waals surface area (Å²) in [5, 5.41) is 3.57. The second-order valence-corrected chi connectivity index (χ2v) is 7.41. The largest absolute Gasteiger partial charge is 0.381 e. The van der Waals surface area contributed by atoms with Crippen molar-refractivity contribution < 1.29 is 4.74 Å². The molecule has 0 aromatic heterocycles. The molecule has 2 heterocycles. The summed E-state index contributed by atoms with van der Waals surface area (Å²) in [4.78, 5) is 9.85. The van der Waals surface area contributed by atoms with E-state index in [0.29, 0.717) is 0 Å². The number of benzene rings is 1. The monoisotopic (exact) mass is 472 g/mol. The summed E-state index contributed by atoms with van der Waals surface area (Å²) in [6, 6.07) is 10.4. The van der Waals surface area contributed by atoms with Crippen LogP contribution in [-0.4, -0.2) is 68.2 Å². The van der Waals surface area contributed by atoms with Crippen LogP contribution in [0.4, 0.5) is 5.69 Å². The van der Waals surface area contributed by atoms with Crippen LogP contribution in [0.15, 0.2) is 35.3 Å². The number of nitrogens with one attached hydrogen (secondary N) is 1. The lowest BCUT2D eigenvalue weighted by Crippen LogP contribution is -2.51. The van der Waals surface area contributed by atoms with Crippen LogP contribution in [0.2, 0.25) is 0 Å². The van der Waals surface area contributed by atoms with Crippen LogP contribution in [0.25, 0.3) is 0 Å². The molecule has 0 atom stereocenters. The number of aliphatic imine (C=N–C) groups is 1. The van der Waals surface area contributed by atoms with E-state index in [0.717, 1.165) is 57.3 Å². The molecule has 0 unspecified atom stereocenters. The maximum Gasteiger partial charge on any atom is 0.198 e. The molecular weight excluding hydrogens is 439 g/mol. The van der Waals surface area contributed by atoms with E-state index < -0.39 is 0 Å². The Morgan fingerprint density at radius 2 is 1.77 bits per heavy atom. The molecule has 2 aliphatic heterocycles. The van der Waals surface area contributed by atoms with E-state index in [-0.39, 0.29) is 29.5 Å². The van der Waals surface area contributed by atoms with Crippen LogP contribution in [-0.2, 0) is 4.74 Å². The Kier molecular flexibility index (Phi) is 8.63. The molecule has 0 bridgehead atoms. The summed E-state index contributed by atoms with van der Waals surface area (Å²) >= 11 is 0. The van der Waals surface area contributed by atoms with Gasteiger partial charge in [0.15, 0.2) is 5.96 Å². The number of hydrogen-bond donors (Lipinski definition) is 1. The third-order valence-electron chi connectivity index (χ3n) is 5.58. The van der Waals surface area contributed by atoms with Gasteiger partial charge in [-0.3, -0.25) is 4.99 Å². The van der Waals surface area contributed by atoms with Crippen LogP contribution in [0.1, 0.15) is 32.1 Å². The van der Waals surface area contributed by atoms with Crippen molar-refractivity contribution in [2.24, 2.45) is 4.99 Å². The highest BCUT2D eigenvalue weighted by Crippen LogP contribution is 2.26. The Morgan fingerprint density at radius 3 is 2.38 bits per heavy atom. The first-order valence-electron chi connectivity index (χ1n) is 9.56. The number of likely N-dealkylation sites (N-methyl/N-ethyl adjacent to an activating group) is 1. The minimum absolute atomic E-state index is 0. The van der Waals surface area contributed by atoms with Gasteiger partial charge in [0, 0.05) is 37.5 Å². The van der Waals surface area contributed by atoms with Crippen molar-refractivity contribution in [1.29, 1.82) is 0 Å². The zero-order valence-electron chi connectivity index (χ0n) is 16.1. The standard InChI is InChI=1S/C20H32N4O.HI/c1-23(2)20(11-15-25-16-12-20)17-21-19(24-13-7-4-8-14-24)22-18-9-5-3-6-10-18;/h3,5-6,9-10H,4,7-8,11-17H2,1-2H3,(H,21,22);1H. The number of anilines is 1. The zero-order chi connectivity index (χ0) is 17.5. The molecular formula is C20H33IN4O. The van der Waals surface area contributed by atoms with E-state index in [1.165, 1.54) is 19.3 Å². The van der Waals surface area contributed by atoms with Gasteiger partial charge in [-0.2, -0.15) is 0 Å². The molecule has 0 saturated carbocycles. The van der Waals surface area contributed by atoms with E-state index in [4.69, 9.17) is 9.73 Å². The van der Waals surface area contributed by atoms with E-state index in [1.807, 2.05) is 6.07 Å². The third kappa shape index (κ3) is 5.57. The number of ether oxygens (including phenoxy) is 1. The molecule has 2 saturated heterocycles. The van der Waals surface area contributed by atoms with Gasteiger partial charge in [0.25, 0.3) is 0 Å². The third-order valence-corrected chi connectivity index (χ3v) is 5.58. The molecule has 1 aromatic carbocycles. The van der Waals surface area contributed by atoms with E-state index in [9.17, 15) is 0 Å². The molecule has 146 valence electrons. The van der Waals surface area contributed by atoms with Crippen molar-refractivity contribution in [3.63, 3.8) is 0 Å². The Labute approximate surface area is 175 Å². The molecule has 0 radical (unpaired) electrons. The van der Waals surface area contributed by atoms with E-state index in [2.05, 4.69) is 53.5 Å². The first-order valence-corrected chi connectivity index (χ1v) is 9.56. The zero-order valence-corrected chi connectivity index (χ0v) is 18.4. The molecule has 26 heavy (non-hydrogen) atoms. The summed E-state index contributed by atoms with van der Waals surface area (Å²) in [5.41, 5.74) is 1.22. The minimum Gasteiger partial charge on any atom is -0.381 e. The van der Waals surface area contributed by atoms with Gasteiger partial charge in [-0.15, -0.1) is 24.0 Å². The quantitative estimate of drug-likeness (QED) is 0.413. The second kappa shape index (κ2) is 10.5. The Morgan fingerprint density at radius 1 is 1.12 bits per heavy atom. The van der Waals surface area contributed by atoms with Gasteiger partial charge < -0.3 is 19.9 Å². The van der Waals surface area contributed by atoms with Gasteiger partial charge in [-0.1, -0.05) is 18.2 Å². The Hall–Kier alpha value is -0.860. The molecule has 3 rings (SSSR count). The van der Waals surface area contributed by atoms with Gasteiger partial charge in [0.1, 0.15) is 0 Å². The average Bonchev–Trinajstić information content (AvgIpc) is 2.67. The van der Waals surface area contributed by atoms with Crippen LogP contribution in [0.5, 0.6) is 0 Å². The van der Waals surface area contributed by atoms with Gasteiger partial charge in [0.2, 0.25) is 0 Å². The molecule has 6 heteroatoms. The van der Waals surface area contributed by atoms with Crippen molar-refractivity contribution in [1.82, 2.24) is 9.80 Å².